The average molecular weight is 485 g/mol. The molecule has 0 bridgehead atoms. The molecule has 0 fully saturated rings. The molecule has 16 heteroatoms. The van der Waals surface area contributed by atoms with Crippen LogP contribution >= 0.6 is 11.6 Å². The number of hydrogen-bond donors (Lipinski definition) is 0. The van der Waals surface area contributed by atoms with E-state index < -0.39 is 47.4 Å². The lowest BCUT2D eigenvalue weighted by molar-refractivity contribution is -0.671. The molecular weight excluding hydrogens is 475 g/mol. The summed E-state index contributed by atoms with van der Waals surface area (Å²) < 4.78 is 122. The second-order valence-corrected chi connectivity index (χ2v) is 6.42. The summed E-state index contributed by atoms with van der Waals surface area (Å²) in [6, 6.07) is 0.791. The van der Waals surface area contributed by atoms with Crippen LogP contribution in [0, 0.1) is 0 Å². The van der Waals surface area contributed by atoms with Crippen LogP contribution in [0.5, 0.6) is 5.88 Å². The lowest BCUT2D eigenvalue weighted by atomic mass is 10.0. The largest absolute Gasteiger partial charge is 0.856 e. The van der Waals surface area contributed by atoms with Crippen LogP contribution in [0.1, 0.15) is 5.56 Å². The number of alkyl halides is 9. The summed E-state index contributed by atoms with van der Waals surface area (Å²) in [7, 11) is 1.63. The minimum Gasteiger partial charge on any atom is -0.856 e. The predicted octanol–water partition coefficient (Wildman–Crippen LogP) is 2.78. The highest BCUT2D eigenvalue weighted by Crippen LogP contribution is 2.53. The molecule has 0 aliphatic rings. The van der Waals surface area contributed by atoms with Gasteiger partial charge in [-0.3, -0.25) is 0 Å². The van der Waals surface area contributed by atoms with Crippen molar-refractivity contribution in [3.63, 3.8) is 0 Å². The maximum atomic E-state index is 13.5. The molecule has 0 saturated carbocycles. The van der Waals surface area contributed by atoms with Gasteiger partial charge in [-0.15, -0.1) is 4.68 Å². The third-order valence-corrected chi connectivity index (χ3v) is 3.89. The highest BCUT2D eigenvalue weighted by atomic mass is 35.5. The number of rotatable bonds is 7. The lowest BCUT2D eigenvalue weighted by Crippen LogP contribution is -2.62. The van der Waals surface area contributed by atoms with E-state index in [2.05, 4.69) is 14.8 Å². The highest BCUT2D eigenvalue weighted by molar-refractivity contribution is 6.32. The Morgan fingerprint density at radius 2 is 1.77 bits per heavy atom. The molecule has 0 aliphatic carbocycles. The quantitative estimate of drug-likeness (QED) is 0.263. The van der Waals surface area contributed by atoms with Crippen molar-refractivity contribution in [3.05, 3.63) is 41.6 Å². The molecule has 0 saturated heterocycles. The first-order valence-electron chi connectivity index (χ1n) is 7.78. The maximum absolute atomic E-state index is 13.5. The summed E-state index contributed by atoms with van der Waals surface area (Å²) in [5.74, 6) is -21.8. The van der Waals surface area contributed by atoms with E-state index in [4.69, 9.17) is 11.6 Å². The molecule has 0 aromatic carbocycles. The molecule has 0 aliphatic heterocycles. The van der Waals surface area contributed by atoms with Gasteiger partial charge in [0.1, 0.15) is 11.2 Å². The number of pyridine rings is 1. The van der Waals surface area contributed by atoms with Crippen molar-refractivity contribution in [2.45, 2.75) is 23.9 Å². The van der Waals surface area contributed by atoms with Crippen LogP contribution in [0.2, 0.25) is 5.02 Å². The van der Waals surface area contributed by atoms with Gasteiger partial charge in [-0.05, 0) is 6.07 Å². The van der Waals surface area contributed by atoms with Gasteiger partial charge in [0.2, 0.25) is 5.88 Å². The van der Waals surface area contributed by atoms with Crippen molar-refractivity contribution in [1.82, 2.24) is 9.66 Å². The molecule has 2 aromatic heterocycles. The maximum Gasteiger partial charge on any atom is 0.460 e. The number of halogens is 10. The van der Waals surface area contributed by atoms with Crippen LogP contribution in [0.25, 0.3) is 0 Å². The molecule has 2 rings (SSSR count). The molecule has 0 radical (unpaired) electrons. The van der Waals surface area contributed by atoms with E-state index in [0.29, 0.717) is 6.20 Å². The van der Waals surface area contributed by atoms with Gasteiger partial charge in [-0.1, -0.05) is 16.7 Å². The monoisotopic (exact) mass is 484 g/mol. The Labute approximate surface area is 172 Å². The van der Waals surface area contributed by atoms with Crippen molar-refractivity contribution in [3.8, 4) is 5.88 Å². The summed E-state index contributed by atoms with van der Waals surface area (Å²) in [6.45, 7) is -2.62. The molecular formula is C15H10ClF9N4O2. The SMILES string of the molecule is C[n+]1ccn(/N=C(\[O-])c2cnc(OCC(F)(F)C(F)(F)C(F)(F)C(F)(F)F)c(Cl)c2)c1. The van der Waals surface area contributed by atoms with Crippen molar-refractivity contribution in [1.29, 1.82) is 0 Å². The fourth-order valence-corrected chi connectivity index (χ4v) is 2.19. The lowest BCUT2D eigenvalue weighted by Gasteiger charge is -2.33. The Hall–Kier alpha value is -2.71. The van der Waals surface area contributed by atoms with Crippen LogP contribution in [-0.2, 0) is 7.05 Å². The predicted molar refractivity (Wildman–Crippen MR) is 83.2 cm³/mol. The Balaban J connectivity index is 2.19. The topological polar surface area (TPSA) is 66.3 Å². The van der Waals surface area contributed by atoms with Crippen molar-refractivity contribution < 1.29 is 53.9 Å². The smallest absolute Gasteiger partial charge is 0.460 e. The third-order valence-electron chi connectivity index (χ3n) is 3.62. The Bertz CT molecular complexity index is 976. The third kappa shape index (κ3) is 4.80. The zero-order valence-corrected chi connectivity index (χ0v) is 15.7. The van der Waals surface area contributed by atoms with Crippen LogP contribution in [-0.4, -0.2) is 46.1 Å². The van der Waals surface area contributed by atoms with Gasteiger partial charge in [-0.2, -0.15) is 39.5 Å². The molecule has 172 valence electrons. The van der Waals surface area contributed by atoms with Gasteiger partial charge in [0.05, 0.1) is 7.05 Å². The van der Waals surface area contributed by atoms with Gasteiger partial charge in [-0.25, -0.2) is 9.55 Å². The van der Waals surface area contributed by atoms with E-state index in [9.17, 15) is 44.6 Å². The normalized spacial score (nSPS) is 14.1. The van der Waals surface area contributed by atoms with E-state index in [-0.39, 0.29) is 5.56 Å². The van der Waals surface area contributed by atoms with Gasteiger partial charge >= 0.3 is 23.9 Å². The molecule has 31 heavy (non-hydrogen) atoms. The highest BCUT2D eigenvalue weighted by Gasteiger charge is 2.81. The molecule has 0 amide bonds. The Morgan fingerprint density at radius 3 is 2.26 bits per heavy atom. The number of ether oxygens (including phenoxy) is 1. The van der Waals surface area contributed by atoms with Crippen LogP contribution in [0.15, 0.2) is 36.1 Å². The standard InChI is InChI=1S/C15H10ClF9N4O2/c1-28-2-3-29(7-28)27-10(30)8-4-9(16)11(26-5-8)31-6-12(17,18)13(19,20)14(21,22)15(23,24)25/h2-5,7H,6H2,1H3. The fourth-order valence-electron chi connectivity index (χ4n) is 1.96. The number of hydrogen-bond acceptors (Lipinski definition) is 4. The minimum absolute atomic E-state index is 0.297. The van der Waals surface area contributed by atoms with E-state index in [0.717, 1.165) is 10.7 Å². The molecule has 6 nitrogen and oxygen atoms in total. The van der Waals surface area contributed by atoms with Crippen molar-refractivity contribution in [2.75, 3.05) is 6.61 Å². The van der Waals surface area contributed by atoms with Gasteiger partial charge in [0.25, 0.3) is 6.33 Å². The average Bonchev–Trinajstić information content (AvgIpc) is 3.04. The van der Waals surface area contributed by atoms with Crippen LogP contribution in [0.4, 0.5) is 39.5 Å². The van der Waals surface area contributed by atoms with Gasteiger partial charge in [0, 0.05) is 17.7 Å². The summed E-state index contributed by atoms with van der Waals surface area (Å²) in [5.41, 5.74) is -0.297. The second kappa shape index (κ2) is 8.09. The van der Waals surface area contributed by atoms with E-state index >= 15 is 0 Å². The number of aromatic nitrogens is 3. The molecule has 2 aromatic rings. The molecule has 0 atom stereocenters. The van der Waals surface area contributed by atoms with Crippen molar-refractivity contribution >= 4 is 17.5 Å². The fraction of sp³-hybridized carbons (Fsp3) is 0.400. The first-order valence-corrected chi connectivity index (χ1v) is 8.15. The molecule has 2 heterocycles. The van der Waals surface area contributed by atoms with E-state index in [1.807, 2.05) is 0 Å². The summed E-state index contributed by atoms with van der Waals surface area (Å²) in [6.07, 6.45) is -1.93. The molecule has 0 N–H and O–H groups in total. The van der Waals surface area contributed by atoms with Gasteiger partial charge < -0.3 is 9.84 Å². The Morgan fingerprint density at radius 1 is 1.16 bits per heavy atom. The number of imidazole rings is 1. The zero-order valence-electron chi connectivity index (χ0n) is 15.0. The van der Waals surface area contributed by atoms with Crippen LogP contribution in [0.3, 0.4) is 0 Å². The Kier molecular flexibility index (Phi) is 6.41. The number of aryl methyl sites for hydroxylation is 1. The summed E-state index contributed by atoms with van der Waals surface area (Å²) in [4.78, 5) is 3.30. The molecule has 0 spiro atoms. The van der Waals surface area contributed by atoms with E-state index in [1.165, 1.54) is 23.3 Å². The summed E-state index contributed by atoms with van der Waals surface area (Å²) in [5, 5.41) is 14.9. The zero-order chi connectivity index (χ0) is 23.8. The van der Waals surface area contributed by atoms with Gasteiger partial charge in [0.15, 0.2) is 12.8 Å². The second-order valence-electron chi connectivity index (χ2n) is 6.01. The minimum atomic E-state index is -7.04. The summed E-state index contributed by atoms with van der Waals surface area (Å²) >= 11 is 5.63. The number of nitrogens with zero attached hydrogens (tertiary/aromatic N) is 4. The first-order chi connectivity index (χ1) is 14.0. The van der Waals surface area contributed by atoms with E-state index in [1.54, 1.807) is 7.05 Å². The first kappa shape index (κ1) is 24.6. The molecule has 0 unspecified atom stereocenters. The van der Waals surface area contributed by atoms with Crippen LogP contribution < -0.4 is 14.4 Å². The van der Waals surface area contributed by atoms with Crippen molar-refractivity contribution in [2.24, 2.45) is 12.1 Å².